The Kier molecular flexibility index (Phi) is 11.4. The monoisotopic (exact) mass is 477 g/mol. The van der Waals surface area contributed by atoms with Gasteiger partial charge < -0.3 is 25.3 Å². The van der Waals surface area contributed by atoms with Crippen LogP contribution in [0.1, 0.15) is 44.6 Å². The van der Waals surface area contributed by atoms with Crippen molar-refractivity contribution in [1.82, 2.24) is 5.32 Å². The first kappa shape index (κ1) is 22.8. The predicted octanol–water partition coefficient (Wildman–Crippen LogP) is 3.47. The van der Waals surface area contributed by atoms with Crippen molar-refractivity contribution < 1.29 is 14.2 Å². The number of benzene rings is 1. The van der Waals surface area contributed by atoms with Crippen molar-refractivity contribution in [2.45, 2.75) is 51.7 Å². The second-order valence-electron chi connectivity index (χ2n) is 6.18. The Morgan fingerprint density at radius 3 is 2.77 bits per heavy atom. The molecule has 7 heteroatoms. The standard InChI is InChI=1S/C19H31N3O3.HI/c1-3-24-12-6-11-21-19(20)22-14-15-9-10-17(23-2)13-18(15)25-16-7-4-5-8-16;/h9-10,13,16H,3-8,11-12,14H2,1-2H3,(H3,20,21,22);1H. The lowest BCUT2D eigenvalue weighted by Crippen LogP contribution is -2.32. The summed E-state index contributed by atoms with van der Waals surface area (Å²) in [6.07, 6.45) is 5.90. The second kappa shape index (κ2) is 13.0. The number of hydrogen-bond donors (Lipinski definition) is 2. The third kappa shape index (κ3) is 7.99. The summed E-state index contributed by atoms with van der Waals surface area (Å²) in [7, 11) is 1.66. The van der Waals surface area contributed by atoms with Crippen molar-refractivity contribution in [3.05, 3.63) is 23.8 Å². The van der Waals surface area contributed by atoms with Gasteiger partial charge in [-0.3, -0.25) is 0 Å². The molecule has 1 aliphatic rings. The van der Waals surface area contributed by atoms with E-state index >= 15 is 0 Å². The molecule has 1 aromatic carbocycles. The van der Waals surface area contributed by atoms with Gasteiger partial charge in [-0.1, -0.05) is 0 Å². The van der Waals surface area contributed by atoms with Gasteiger partial charge in [0.2, 0.25) is 0 Å². The minimum absolute atomic E-state index is 0. The van der Waals surface area contributed by atoms with Crippen LogP contribution in [0.2, 0.25) is 0 Å². The molecule has 0 aromatic heterocycles. The summed E-state index contributed by atoms with van der Waals surface area (Å²) in [5, 5.41) is 3.11. The molecule has 0 spiro atoms. The summed E-state index contributed by atoms with van der Waals surface area (Å²) in [5.74, 6) is 2.08. The summed E-state index contributed by atoms with van der Waals surface area (Å²) < 4.78 is 16.8. The first-order chi connectivity index (χ1) is 12.2. The fourth-order valence-electron chi connectivity index (χ4n) is 2.85. The molecule has 3 N–H and O–H groups in total. The van der Waals surface area contributed by atoms with Crippen molar-refractivity contribution in [1.29, 1.82) is 0 Å². The number of aliphatic imine (C=N–C) groups is 1. The maximum Gasteiger partial charge on any atom is 0.188 e. The van der Waals surface area contributed by atoms with E-state index in [1.807, 2.05) is 25.1 Å². The van der Waals surface area contributed by atoms with Crippen LogP contribution in [0.5, 0.6) is 11.5 Å². The molecule has 6 nitrogen and oxygen atoms in total. The highest BCUT2D eigenvalue weighted by Crippen LogP contribution is 2.30. The molecule has 0 bridgehead atoms. The Hall–Kier alpha value is -1.22. The Morgan fingerprint density at radius 1 is 1.31 bits per heavy atom. The summed E-state index contributed by atoms with van der Waals surface area (Å²) in [4.78, 5) is 4.42. The quantitative estimate of drug-likeness (QED) is 0.234. The molecule has 0 atom stereocenters. The van der Waals surface area contributed by atoms with E-state index in [1.54, 1.807) is 7.11 Å². The van der Waals surface area contributed by atoms with Crippen molar-refractivity contribution in [2.75, 3.05) is 26.9 Å². The van der Waals surface area contributed by atoms with Gasteiger partial charge in [0.1, 0.15) is 11.5 Å². The Bertz CT molecular complexity index is 549. The van der Waals surface area contributed by atoms with Crippen LogP contribution < -0.4 is 20.5 Å². The number of hydrogen-bond acceptors (Lipinski definition) is 4. The number of ether oxygens (including phenoxy) is 3. The number of methoxy groups -OCH3 is 1. The van der Waals surface area contributed by atoms with E-state index in [1.165, 1.54) is 12.8 Å². The summed E-state index contributed by atoms with van der Waals surface area (Å²) >= 11 is 0. The van der Waals surface area contributed by atoms with E-state index < -0.39 is 0 Å². The van der Waals surface area contributed by atoms with Crippen molar-refractivity contribution in [2.24, 2.45) is 10.7 Å². The predicted molar refractivity (Wildman–Crippen MR) is 116 cm³/mol. The summed E-state index contributed by atoms with van der Waals surface area (Å²) in [6.45, 7) is 4.70. The first-order valence-corrected chi connectivity index (χ1v) is 9.18. The van der Waals surface area contributed by atoms with E-state index in [-0.39, 0.29) is 24.0 Å². The van der Waals surface area contributed by atoms with Crippen LogP contribution in [0.3, 0.4) is 0 Å². The van der Waals surface area contributed by atoms with Crippen LogP contribution in [0.4, 0.5) is 0 Å². The number of nitrogens with one attached hydrogen (secondary N) is 1. The van der Waals surface area contributed by atoms with Crippen LogP contribution in [-0.2, 0) is 11.3 Å². The molecule has 0 saturated heterocycles. The zero-order valence-electron chi connectivity index (χ0n) is 15.8. The molecular formula is C19H32IN3O3. The SMILES string of the molecule is CCOCCCNC(N)=NCc1ccc(OC)cc1OC1CCCC1.I. The maximum absolute atomic E-state index is 6.18. The molecule has 148 valence electrons. The molecule has 2 rings (SSSR count). The van der Waals surface area contributed by atoms with Gasteiger partial charge in [-0.05, 0) is 51.2 Å². The first-order valence-electron chi connectivity index (χ1n) is 9.18. The minimum Gasteiger partial charge on any atom is -0.497 e. The fourth-order valence-corrected chi connectivity index (χ4v) is 2.85. The Morgan fingerprint density at radius 2 is 2.08 bits per heavy atom. The Balaban J connectivity index is 0.00000338. The van der Waals surface area contributed by atoms with E-state index in [4.69, 9.17) is 19.9 Å². The van der Waals surface area contributed by atoms with E-state index in [2.05, 4.69) is 10.3 Å². The third-order valence-corrected chi connectivity index (χ3v) is 4.27. The van der Waals surface area contributed by atoms with Crippen molar-refractivity contribution in [3.8, 4) is 11.5 Å². The van der Waals surface area contributed by atoms with Crippen molar-refractivity contribution >= 4 is 29.9 Å². The van der Waals surface area contributed by atoms with Crippen molar-refractivity contribution in [3.63, 3.8) is 0 Å². The van der Waals surface area contributed by atoms with Gasteiger partial charge in [0, 0.05) is 31.4 Å². The van der Waals surface area contributed by atoms with Crippen LogP contribution in [0.15, 0.2) is 23.2 Å². The molecule has 0 unspecified atom stereocenters. The summed E-state index contributed by atoms with van der Waals surface area (Å²) in [5.41, 5.74) is 6.96. The fraction of sp³-hybridized carbons (Fsp3) is 0.632. The van der Waals surface area contributed by atoms with Crippen LogP contribution >= 0.6 is 24.0 Å². The van der Waals surface area contributed by atoms with Gasteiger partial charge >= 0.3 is 0 Å². The molecule has 0 heterocycles. The van der Waals surface area contributed by atoms with Crippen LogP contribution in [0.25, 0.3) is 0 Å². The number of nitrogens with zero attached hydrogens (tertiary/aromatic N) is 1. The minimum atomic E-state index is 0. The molecule has 1 aromatic rings. The lowest BCUT2D eigenvalue weighted by molar-refractivity contribution is 0.145. The smallest absolute Gasteiger partial charge is 0.188 e. The zero-order valence-corrected chi connectivity index (χ0v) is 18.2. The maximum atomic E-state index is 6.18. The lowest BCUT2D eigenvalue weighted by atomic mass is 10.2. The highest BCUT2D eigenvalue weighted by atomic mass is 127. The van der Waals surface area contributed by atoms with Crippen LogP contribution in [-0.4, -0.2) is 38.9 Å². The lowest BCUT2D eigenvalue weighted by Gasteiger charge is -2.17. The van der Waals surface area contributed by atoms with Crippen LogP contribution in [0, 0.1) is 0 Å². The number of guanidine groups is 1. The topological polar surface area (TPSA) is 78.1 Å². The summed E-state index contributed by atoms with van der Waals surface area (Å²) in [6, 6.07) is 5.86. The number of nitrogens with two attached hydrogens (primary N) is 1. The number of rotatable bonds is 10. The van der Waals surface area contributed by atoms with E-state index in [0.717, 1.165) is 56.1 Å². The molecule has 0 radical (unpaired) electrons. The van der Waals surface area contributed by atoms with E-state index in [9.17, 15) is 0 Å². The normalized spacial score (nSPS) is 14.8. The van der Waals surface area contributed by atoms with Gasteiger partial charge in [-0.15, -0.1) is 24.0 Å². The average Bonchev–Trinajstić information content (AvgIpc) is 3.13. The van der Waals surface area contributed by atoms with Gasteiger partial charge in [0.05, 0.1) is 19.8 Å². The largest absolute Gasteiger partial charge is 0.497 e. The Labute approximate surface area is 173 Å². The molecule has 0 amide bonds. The molecule has 26 heavy (non-hydrogen) atoms. The highest BCUT2D eigenvalue weighted by molar-refractivity contribution is 14.0. The molecule has 1 saturated carbocycles. The average molecular weight is 477 g/mol. The molecule has 1 aliphatic carbocycles. The molecular weight excluding hydrogens is 445 g/mol. The zero-order chi connectivity index (χ0) is 17.9. The van der Waals surface area contributed by atoms with Gasteiger partial charge in [-0.2, -0.15) is 0 Å². The van der Waals surface area contributed by atoms with E-state index in [0.29, 0.717) is 18.6 Å². The molecule has 0 aliphatic heterocycles. The second-order valence-corrected chi connectivity index (χ2v) is 6.18. The van der Waals surface area contributed by atoms with Gasteiger partial charge in [-0.25, -0.2) is 4.99 Å². The van der Waals surface area contributed by atoms with Gasteiger partial charge in [0.15, 0.2) is 5.96 Å². The third-order valence-electron chi connectivity index (χ3n) is 4.27. The van der Waals surface area contributed by atoms with Gasteiger partial charge in [0.25, 0.3) is 0 Å². The number of halogens is 1. The highest BCUT2D eigenvalue weighted by Gasteiger charge is 2.18. The molecule has 1 fully saturated rings.